The van der Waals surface area contributed by atoms with Crippen molar-refractivity contribution in [2.75, 3.05) is 0 Å². The highest BCUT2D eigenvalue weighted by Gasteiger charge is 2.51. The predicted octanol–water partition coefficient (Wildman–Crippen LogP) is 2.57. The predicted molar refractivity (Wildman–Crippen MR) is 78.0 cm³/mol. The van der Waals surface area contributed by atoms with Gasteiger partial charge in [0.25, 0.3) is 0 Å². The zero-order valence-electron chi connectivity index (χ0n) is 12.4. The lowest BCUT2D eigenvalue weighted by molar-refractivity contribution is -0.156. The molecule has 1 aliphatic rings. The number of nitrogens with zero attached hydrogens (tertiary/aromatic N) is 1. The summed E-state index contributed by atoms with van der Waals surface area (Å²) in [5, 5.41) is 9.52. The number of ether oxygens (including phenoxy) is 1. The molecular weight excluding hydrogens is 286 g/mol. The van der Waals surface area contributed by atoms with Crippen molar-refractivity contribution in [1.82, 2.24) is 4.90 Å². The van der Waals surface area contributed by atoms with Gasteiger partial charge in [0, 0.05) is 6.92 Å². The van der Waals surface area contributed by atoms with Crippen molar-refractivity contribution in [1.29, 1.82) is 0 Å². The van der Waals surface area contributed by atoms with E-state index in [1.807, 2.05) is 18.2 Å². The molecule has 0 radical (unpaired) electrons. The minimum absolute atomic E-state index is 0.000841. The fourth-order valence-electron chi connectivity index (χ4n) is 2.88. The Morgan fingerprint density at radius 2 is 1.77 bits per heavy atom. The molecule has 1 N–H and O–H groups in total. The van der Waals surface area contributed by atoms with Gasteiger partial charge in [-0.15, -0.1) is 0 Å². The number of carboxylic acids is 1. The Bertz CT molecular complexity index is 563. The number of amides is 2. The highest BCUT2D eigenvalue weighted by atomic mass is 16.6. The van der Waals surface area contributed by atoms with Crippen LogP contribution in [0.2, 0.25) is 0 Å². The largest absolute Gasteiger partial charge is 0.479 e. The lowest BCUT2D eigenvalue weighted by Crippen LogP contribution is -2.57. The van der Waals surface area contributed by atoms with E-state index in [0.29, 0.717) is 12.8 Å². The molecule has 2 rings (SSSR count). The van der Waals surface area contributed by atoms with Crippen LogP contribution in [0.1, 0.15) is 38.2 Å². The Labute approximate surface area is 128 Å². The smallest absolute Gasteiger partial charge is 0.417 e. The van der Waals surface area contributed by atoms with E-state index in [0.717, 1.165) is 10.5 Å². The van der Waals surface area contributed by atoms with Gasteiger partial charge in [0.2, 0.25) is 5.91 Å². The Hall–Kier alpha value is -2.37. The standard InChI is InChI=1S/C16H19NO5/c1-12(18)17(16(14(19)20)9-5-6-10-16)15(21)22-11-13-7-3-2-4-8-13/h2-4,7-8H,5-6,9-11H2,1H3,(H,19,20). The van der Waals surface area contributed by atoms with Crippen LogP contribution in [-0.4, -0.2) is 33.5 Å². The molecule has 0 aliphatic heterocycles. The average Bonchev–Trinajstić information content (AvgIpc) is 2.96. The Balaban J connectivity index is 2.15. The number of imide groups is 1. The van der Waals surface area contributed by atoms with E-state index in [1.54, 1.807) is 12.1 Å². The van der Waals surface area contributed by atoms with Gasteiger partial charge in [0.05, 0.1) is 0 Å². The van der Waals surface area contributed by atoms with Crippen LogP contribution >= 0.6 is 0 Å². The van der Waals surface area contributed by atoms with E-state index in [9.17, 15) is 19.5 Å². The summed E-state index contributed by atoms with van der Waals surface area (Å²) in [4.78, 5) is 36.5. The third kappa shape index (κ3) is 3.10. The summed E-state index contributed by atoms with van der Waals surface area (Å²) < 4.78 is 5.14. The normalized spacial score (nSPS) is 16.0. The van der Waals surface area contributed by atoms with Gasteiger partial charge in [0.1, 0.15) is 6.61 Å². The van der Waals surface area contributed by atoms with Crippen molar-refractivity contribution in [2.24, 2.45) is 0 Å². The van der Waals surface area contributed by atoms with Gasteiger partial charge in [-0.3, -0.25) is 4.79 Å². The van der Waals surface area contributed by atoms with Crippen LogP contribution in [0.3, 0.4) is 0 Å². The third-order valence-corrected chi connectivity index (χ3v) is 3.96. The second kappa shape index (κ2) is 6.60. The van der Waals surface area contributed by atoms with Crippen LogP contribution in [0.15, 0.2) is 30.3 Å². The Morgan fingerprint density at radius 1 is 1.18 bits per heavy atom. The van der Waals surface area contributed by atoms with Crippen LogP contribution in [0.4, 0.5) is 4.79 Å². The third-order valence-electron chi connectivity index (χ3n) is 3.96. The number of hydrogen-bond donors (Lipinski definition) is 1. The second-order valence-corrected chi connectivity index (χ2v) is 5.44. The topological polar surface area (TPSA) is 83.9 Å². The van der Waals surface area contributed by atoms with E-state index in [-0.39, 0.29) is 19.4 Å². The van der Waals surface area contributed by atoms with Gasteiger partial charge in [-0.1, -0.05) is 43.2 Å². The molecule has 0 atom stereocenters. The summed E-state index contributed by atoms with van der Waals surface area (Å²) >= 11 is 0. The van der Waals surface area contributed by atoms with Crippen molar-refractivity contribution in [3.63, 3.8) is 0 Å². The van der Waals surface area contributed by atoms with Crippen molar-refractivity contribution in [2.45, 2.75) is 44.8 Å². The molecule has 0 bridgehead atoms. The summed E-state index contributed by atoms with van der Waals surface area (Å²) in [5.41, 5.74) is -0.699. The minimum Gasteiger partial charge on any atom is -0.479 e. The lowest BCUT2D eigenvalue weighted by Gasteiger charge is -2.34. The van der Waals surface area contributed by atoms with Crippen LogP contribution in [0, 0.1) is 0 Å². The first-order valence-corrected chi connectivity index (χ1v) is 7.22. The zero-order valence-corrected chi connectivity index (χ0v) is 12.4. The van der Waals surface area contributed by atoms with Gasteiger partial charge in [-0.2, -0.15) is 0 Å². The summed E-state index contributed by atoms with van der Waals surface area (Å²) in [6.07, 6.45) is 0.968. The summed E-state index contributed by atoms with van der Waals surface area (Å²) in [6, 6.07) is 9.02. The zero-order chi connectivity index (χ0) is 16.2. The lowest BCUT2D eigenvalue weighted by atomic mass is 9.95. The first kappa shape index (κ1) is 16.0. The first-order valence-electron chi connectivity index (χ1n) is 7.22. The molecule has 0 aromatic heterocycles. The van der Waals surface area contributed by atoms with Gasteiger partial charge < -0.3 is 9.84 Å². The van der Waals surface area contributed by atoms with Gasteiger partial charge in [-0.25, -0.2) is 14.5 Å². The van der Waals surface area contributed by atoms with E-state index >= 15 is 0 Å². The molecule has 0 spiro atoms. The quantitative estimate of drug-likeness (QED) is 0.924. The molecule has 0 unspecified atom stereocenters. The highest BCUT2D eigenvalue weighted by molar-refractivity contribution is 5.97. The molecule has 1 aromatic carbocycles. The molecule has 118 valence electrons. The molecular formula is C16H19NO5. The Morgan fingerprint density at radius 3 is 2.27 bits per heavy atom. The molecule has 1 saturated carbocycles. The number of carbonyl (C=O) groups excluding carboxylic acids is 2. The maximum atomic E-state index is 12.3. The van der Waals surface area contributed by atoms with Crippen LogP contribution in [0.25, 0.3) is 0 Å². The first-order chi connectivity index (χ1) is 10.5. The molecule has 0 heterocycles. The van der Waals surface area contributed by atoms with Crippen molar-refractivity contribution in [3.05, 3.63) is 35.9 Å². The number of carboxylic acid groups (broad SMARTS) is 1. The van der Waals surface area contributed by atoms with Crippen molar-refractivity contribution < 1.29 is 24.2 Å². The number of benzene rings is 1. The average molecular weight is 305 g/mol. The van der Waals surface area contributed by atoms with Crippen molar-refractivity contribution in [3.8, 4) is 0 Å². The molecule has 6 heteroatoms. The summed E-state index contributed by atoms with van der Waals surface area (Å²) in [6.45, 7) is 1.19. The monoisotopic (exact) mass is 305 g/mol. The van der Waals surface area contributed by atoms with Crippen LogP contribution in [-0.2, 0) is 20.9 Å². The maximum absolute atomic E-state index is 12.3. The number of aliphatic carboxylic acids is 1. The van der Waals surface area contributed by atoms with E-state index in [1.165, 1.54) is 6.92 Å². The minimum atomic E-state index is -1.47. The molecule has 1 aromatic rings. The SMILES string of the molecule is CC(=O)N(C(=O)OCc1ccccc1)C1(C(=O)O)CCCC1. The van der Waals surface area contributed by atoms with Crippen LogP contribution < -0.4 is 0 Å². The number of carbonyl (C=O) groups is 3. The molecule has 1 fully saturated rings. The van der Waals surface area contributed by atoms with Gasteiger partial charge in [0.15, 0.2) is 5.54 Å². The van der Waals surface area contributed by atoms with Crippen molar-refractivity contribution >= 4 is 18.0 Å². The molecule has 1 aliphatic carbocycles. The fourth-order valence-corrected chi connectivity index (χ4v) is 2.88. The molecule has 22 heavy (non-hydrogen) atoms. The van der Waals surface area contributed by atoms with Crippen LogP contribution in [0.5, 0.6) is 0 Å². The highest BCUT2D eigenvalue weighted by Crippen LogP contribution is 2.36. The van der Waals surface area contributed by atoms with E-state index < -0.39 is 23.5 Å². The molecule has 0 saturated heterocycles. The summed E-state index contributed by atoms with van der Waals surface area (Å²) in [5.74, 6) is -1.76. The molecule has 6 nitrogen and oxygen atoms in total. The second-order valence-electron chi connectivity index (χ2n) is 5.44. The number of hydrogen-bond acceptors (Lipinski definition) is 4. The number of rotatable bonds is 4. The summed E-state index contributed by atoms with van der Waals surface area (Å²) in [7, 11) is 0. The fraction of sp³-hybridized carbons (Fsp3) is 0.438. The van der Waals surface area contributed by atoms with Gasteiger partial charge in [-0.05, 0) is 18.4 Å². The maximum Gasteiger partial charge on any atom is 0.417 e. The van der Waals surface area contributed by atoms with Gasteiger partial charge >= 0.3 is 12.1 Å². The van der Waals surface area contributed by atoms with E-state index in [2.05, 4.69) is 0 Å². The Kier molecular flexibility index (Phi) is 4.80. The van der Waals surface area contributed by atoms with E-state index in [4.69, 9.17) is 4.74 Å². The molecule has 2 amide bonds.